The highest BCUT2D eigenvalue weighted by molar-refractivity contribution is 6.00. The zero-order valence-electron chi connectivity index (χ0n) is 52.7. The molecule has 0 spiro atoms. The molecule has 2 rings (SSSR count). The first kappa shape index (κ1) is 72.5. The largest absolute Gasteiger partial charge is 0.390 e. The Morgan fingerprint density at radius 2 is 1.13 bits per heavy atom. The summed E-state index contributed by atoms with van der Waals surface area (Å²) in [5, 5.41) is 33.4. The molecule has 0 radical (unpaired) electrons. The standard InChI is InChI=1S/C60H107N11O11/c1-17-19-20-21-22-23-25-42(62-53(78)45-26-24-31-71(45)47(73)28-27-41(9)18-2)50(75)65-48(49(74)40(7)8)54(79)67-59(12,13)56(81)64-43(36-38(3)4)51(76)63-44(37-39(5)6)52(77)66-60(14,15)57(82)68-58(10,11)55(80)61-30-29-46(72)70-34-32-69(16)33-35-70/h27-28,38-45,48-49,74H,17-26,29-37H2,1-16H3,(H,61,80)(H,62,78)(H,63,76)(H,64,81)(H,65,75)(H,66,77)(H,67,79)(H,68,82)/b28-27+/t41-,42-,43-,44-,45-,48-,49+/m0/s1. The average Bonchev–Trinajstić information content (AvgIpc) is 4.02. The van der Waals surface area contributed by atoms with E-state index in [0.29, 0.717) is 38.9 Å². The van der Waals surface area contributed by atoms with Gasteiger partial charge in [0.25, 0.3) is 0 Å². The van der Waals surface area contributed by atoms with Crippen LogP contribution in [0.15, 0.2) is 12.2 Å². The van der Waals surface area contributed by atoms with Gasteiger partial charge in [-0.3, -0.25) is 47.9 Å². The zero-order chi connectivity index (χ0) is 62.3. The van der Waals surface area contributed by atoms with Crippen LogP contribution in [0.2, 0.25) is 0 Å². The fourth-order valence-electron chi connectivity index (χ4n) is 9.52. The Balaban J connectivity index is 2.27. The molecular formula is C60H107N11O11. The number of unbranched alkanes of at least 4 members (excludes halogenated alkanes) is 5. The summed E-state index contributed by atoms with van der Waals surface area (Å²) in [7, 11) is 1.99. The van der Waals surface area contributed by atoms with E-state index in [-0.39, 0.29) is 61.8 Å². The monoisotopic (exact) mass is 1160 g/mol. The first-order valence-electron chi connectivity index (χ1n) is 30.3. The van der Waals surface area contributed by atoms with Gasteiger partial charge >= 0.3 is 0 Å². The van der Waals surface area contributed by atoms with Crippen molar-refractivity contribution in [3.63, 3.8) is 0 Å². The molecular weight excluding hydrogens is 1050 g/mol. The molecule has 7 atom stereocenters. The van der Waals surface area contributed by atoms with Gasteiger partial charge in [-0.2, -0.15) is 0 Å². The molecule has 2 heterocycles. The summed E-state index contributed by atoms with van der Waals surface area (Å²) >= 11 is 0. The summed E-state index contributed by atoms with van der Waals surface area (Å²) < 4.78 is 0. The number of likely N-dealkylation sites (N-methyl/N-ethyl adjacent to an activating group) is 1. The van der Waals surface area contributed by atoms with E-state index in [9.17, 15) is 53.1 Å². The Labute approximate surface area is 490 Å². The van der Waals surface area contributed by atoms with Crippen LogP contribution in [0.4, 0.5) is 0 Å². The minimum Gasteiger partial charge on any atom is -0.390 e. The summed E-state index contributed by atoms with van der Waals surface area (Å²) in [5.74, 6) is -6.55. The second-order valence-electron chi connectivity index (χ2n) is 25.6. The van der Waals surface area contributed by atoms with Gasteiger partial charge in [-0.05, 0) is 110 Å². The van der Waals surface area contributed by atoms with E-state index in [0.717, 1.165) is 51.6 Å². The third-order valence-electron chi connectivity index (χ3n) is 15.3. The molecule has 22 heteroatoms. The molecule has 2 aliphatic heterocycles. The van der Waals surface area contributed by atoms with Crippen LogP contribution in [0, 0.1) is 23.7 Å². The molecule has 468 valence electrons. The third kappa shape index (κ3) is 24.3. The number of carbonyl (C=O) groups excluding carboxylic acids is 10. The fraction of sp³-hybridized carbons (Fsp3) is 0.800. The number of nitrogens with zero attached hydrogens (tertiary/aromatic N) is 3. The predicted molar refractivity (Wildman–Crippen MR) is 317 cm³/mol. The number of aliphatic hydroxyl groups excluding tert-OH is 1. The maximum atomic E-state index is 14.3. The van der Waals surface area contributed by atoms with E-state index in [1.165, 1.54) is 52.5 Å². The van der Waals surface area contributed by atoms with E-state index in [1.807, 2.05) is 54.7 Å². The van der Waals surface area contributed by atoms with Crippen molar-refractivity contribution in [2.45, 2.75) is 240 Å². The Morgan fingerprint density at radius 3 is 1.71 bits per heavy atom. The zero-order valence-corrected chi connectivity index (χ0v) is 52.7. The lowest BCUT2D eigenvalue weighted by Crippen LogP contribution is -2.66. The molecule has 0 aliphatic carbocycles. The number of rotatable bonds is 34. The average molecular weight is 1160 g/mol. The minimum absolute atomic E-state index is 0.0693. The van der Waals surface area contributed by atoms with Crippen molar-refractivity contribution in [1.82, 2.24) is 57.2 Å². The van der Waals surface area contributed by atoms with E-state index >= 15 is 0 Å². The van der Waals surface area contributed by atoms with Crippen LogP contribution in [0.25, 0.3) is 0 Å². The molecule has 0 saturated carbocycles. The number of likely N-dealkylation sites (tertiary alicyclic amines) is 1. The van der Waals surface area contributed by atoms with Crippen molar-refractivity contribution >= 4 is 59.1 Å². The lowest BCUT2D eigenvalue weighted by molar-refractivity contribution is -0.140. The normalized spacial score (nSPS) is 17.6. The van der Waals surface area contributed by atoms with Gasteiger partial charge in [0.05, 0.1) is 6.10 Å². The Hall–Kier alpha value is -5.64. The second kappa shape index (κ2) is 34.2. The van der Waals surface area contributed by atoms with E-state index in [4.69, 9.17) is 0 Å². The SMILES string of the molecule is CCCCCCCC[C@H](NC(=O)[C@@H]1CCCN1C(=O)/C=C/[C@@H](C)CC)C(=O)N[C@H](C(=O)NC(C)(C)C(=O)N[C@@H](CC(C)C)C(=O)N[C@@H](CC(C)C)C(=O)NC(C)(C)C(=O)NC(C)(C)C(=O)NCCC(=O)N1CCN(C)CC1)[C@H](O)C(C)C. The number of nitrogens with one attached hydrogen (secondary N) is 8. The molecule has 10 amide bonds. The number of carbonyl (C=O) groups is 10. The number of piperazine rings is 1. The molecule has 0 aromatic rings. The molecule has 82 heavy (non-hydrogen) atoms. The van der Waals surface area contributed by atoms with Crippen molar-refractivity contribution < 1.29 is 53.1 Å². The van der Waals surface area contributed by atoms with Gasteiger partial charge in [0.2, 0.25) is 59.1 Å². The molecule has 0 aromatic carbocycles. The van der Waals surface area contributed by atoms with Crippen LogP contribution in [0.3, 0.4) is 0 Å². The summed E-state index contributed by atoms with van der Waals surface area (Å²) in [5.41, 5.74) is -4.78. The van der Waals surface area contributed by atoms with Crippen molar-refractivity contribution in [2.24, 2.45) is 23.7 Å². The van der Waals surface area contributed by atoms with Crippen LogP contribution in [-0.2, 0) is 47.9 Å². The fourth-order valence-corrected chi connectivity index (χ4v) is 9.52. The van der Waals surface area contributed by atoms with Crippen LogP contribution >= 0.6 is 0 Å². The van der Waals surface area contributed by atoms with E-state index in [2.05, 4.69) is 54.4 Å². The maximum Gasteiger partial charge on any atom is 0.246 e. The summed E-state index contributed by atoms with van der Waals surface area (Å²) in [6.45, 7) is 28.8. The quantitative estimate of drug-likeness (QED) is 0.0331. The molecule has 0 bridgehead atoms. The van der Waals surface area contributed by atoms with Crippen LogP contribution in [0.1, 0.15) is 187 Å². The lowest BCUT2D eigenvalue weighted by Gasteiger charge is -2.34. The number of hydrogen-bond acceptors (Lipinski definition) is 12. The van der Waals surface area contributed by atoms with Gasteiger partial charge in [-0.25, -0.2) is 0 Å². The smallest absolute Gasteiger partial charge is 0.246 e. The van der Waals surface area contributed by atoms with Gasteiger partial charge in [-0.15, -0.1) is 0 Å². The molecule has 9 N–H and O–H groups in total. The Morgan fingerprint density at radius 1 is 0.598 bits per heavy atom. The van der Waals surface area contributed by atoms with Crippen molar-refractivity contribution in [3.8, 4) is 0 Å². The number of amides is 10. The number of allylic oxidation sites excluding steroid dienone is 1. The number of aliphatic hydroxyl groups is 1. The highest BCUT2D eigenvalue weighted by atomic mass is 16.3. The third-order valence-corrected chi connectivity index (χ3v) is 15.3. The maximum absolute atomic E-state index is 14.3. The molecule has 0 aromatic heterocycles. The van der Waals surface area contributed by atoms with Crippen molar-refractivity contribution in [1.29, 1.82) is 0 Å². The minimum atomic E-state index is -1.75. The molecule has 2 saturated heterocycles. The van der Waals surface area contributed by atoms with Crippen LogP contribution < -0.4 is 42.5 Å². The van der Waals surface area contributed by atoms with Crippen molar-refractivity contribution in [3.05, 3.63) is 12.2 Å². The highest BCUT2D eigenvalue weighted by Crippen LogP contribution is 2.21. The number of hydrogen-bond donors (Lipinski definition) is 9. The first-order chi connectivity index (χ1) is 38.2. The second-order valence-corrected chi connectivity index (χ2v) is 25.6. The van der Waals surface area contributed by atoms with Gasteiger partial charge in [0.15, 0.2) is 0 Å². The van der Waals surface area contributed by atoms with Gasteiger partial charge in [0.1, 0.15) is 46.8 Å². The first-order valence-corrected chi connectivity index (χ1v) is 30.3. The topological polar surface area (TPSA) is 297 Å². The summed E-state index contributed by atoms with van der Waals surface area (Å²) in [6, 6.07) is -5.91. The van der Waals surface area contributed by atoms with Gasteiger partial charge < -0.3 is 62.3 Å². The van der Waals surface area contributed by atoms with Gasteiger partial charge in [-0.1, -0.05) is 113 Å². The Kier molecular flexibility index (Phi) is 30.2. The van der Waals surface area contributed by atoms with Gasteiger partial charge in [0, 0.05) is 45.7 Å². The van der Waals surface area contributed by atoms with Crippen molar-refractivity contribution in [2.75, 3.05) is 46.3 Å². The van der Waals surface area contributed by atoms with E-state index < -0.39 is 106 Å². The Bertz CT molecular complexity index is 2170. The van der Waals surface area contributed by atoms with Crippen LogP contribution in [0.5, 0.6) is 0 Å². The van der Waals surface area contributed by atoms with Crippen LogP contribution in [-0.4, -0.2) is 178 Å². The predicted octanol–water partition coefficient (Wildman–Crippen LogP) is 3.34. The lowest BCUT2D eigenvalue weighted by atomic mass is 9.95. The highest BCUT2D eigenvalue weighted by Gasteiger charge is 2.42. The summed E-state index contributed by atoms with van der Waals surface area (Å²) in [4.78, 5) is 144. The molecule has 22 nitrogen and oxygen atoms in total. The van der Waals surface area contributed by atoms with E-state index in [1.54, 1.807) is 18.7 Å². The molecule has 0 unspecified atom stereocenters. The molecule has 2 fully saturated rings. The summed E-state index contributed by atoms with van der Waals surface area (Å²) in [6.07, 6.45) is 9.75. The molecule has 2 aliphatic rings.